The molecule has 34 heavy (non-hydrogen) atoms. The van der Waals surface area contributed by atoms with Crippen LogP contribution in [0.5, 0.6) is 0 Å². The first-order valence-electron chi connectivity index (χ1n) is 10.4. The van der Waals surface area contributed by atoms with E-state index >= 15 is 0 Å². The van der Waals surface area contributed by atoms with Crippen LogP contribution in [0.2, 0.25) is 5.02 Å². The summed E-state index contributed by atoms with van der Waals surface area (Å²) in [5.41, 5.74) is 0.365. The van der Waals surface area contributed by atoms with Crippen molar-refractivity contribution in [3.8, 4) is 0 Å². The number of hydrogen-bond donors (Lipinski definition) is 2. The van der Waals surface area contributed by atoms with Crippen molar-refractivity contribution >= 4 is 68.7 Å². The number of hydrogen-bond acceptors (Lipinski definition) is 8. The van der Waals surface area contributed by atoms with Gasteiger partial charge in [-0.1, -0.05) is 29.8 Å². The van der Waals surface area contributed by atoms with Gasteiger partial charge in [-0.3, -0.25) is 9.59 Å². The molecular weight excluding hydrogens is 508 g/mol. The van der Waals surface area contributed by atoms with E-state index in [2.05, 4.69) is 15.6 Å². The molecule has 1 aliphatic heterocycles. The van der Waals surface area contributed by atoms with Crippen molar-refractivity contribution in [1.82, 2.24) is 15.3 Å². The Morgan fingerprint density at radius 2 is 2.03 bits per heavy atom. The average Bonchev–Trinajstić information content (AvgIpc) is 3.50. The molecule has 1 aliphatic rings. The van der Waals surface area contributed by atoms with Crippen LogP contribution in [0.15, 0.2) is 70.4 Å². The fraction of sp³-hybridized carbons (Fsp3) is 0.167. The number of aromatic nitrogens is 2. The molecule has 4 heterocycles. The van der Waals surface area contributed by atoms with Crippen molar-refractivity contribution < 1.29 is 9.59 Å². The maximum atomic E-state index is 13.4. The van der Waals surface area contributed by atoms with Gasteiger partial charge in [0.25, 0.3) is 0 Å². The molecule has 2 N–H and O–H groups in total. The van der Waals surface area contributed by atoms with Crippen LogP contribution in [0.25, 0.3) is 0 Å². The number of carbonyl (C=O) groups excluding carboxylic acids is 2. The topological polar surface area (TPSA) is 84.0 Å². The van der Waals surface area contributed by atoms with Crippen molar-refractivity contribution in [2.75, 3.05) is 5.32 Å². The van der Waals surface area contributed by atoms with Gasteiger partial charge in [-0.2, -0.15) is 11.3 Å². The van der Waals surface area contributed by atoms with Crippen LogP contribution in [-0.2, 0) is 15.1 Å². The maximum Gasteiger partial charge on any atom is 0.242 e. The third-order valence-corrected chi connectivity index (χ3v) is 8.72. The minimum absolute atomic E-state index is 0.0877. The predicted molar refractivity (Wildman–Crippen MR) is 138 cm³/mol. The highest BCUT2D eigenvalue weighted by atomic mass is 35.5. The molecule has 0 radical (unpaired) electrons. The van der Waals surface area contributed by atoms with Gasteiger partial charge in [0.2, 0.25) is 5.91 Å². The normalized spacial score (nSPS) is 20.2. The highest BCUT2D eigenvalue weighted by Crippen LogP contribution is 2.41. The highest BCUT2D eigenvalue weighted by molar-refractivity contribution is 8.01. The van der Waals surface area contributed by atoms with Gasteiger partial charge >= 0.3 is 0 Å². The third-order valence-electron chi connectivity index (χ3n) is 5.44. The third kappa shape index (κ3) is 4.48. The minimum Gasteiger partial charge on any atom is -0.339 e. The van der Waals surface area contributed by atoms with Gasteiger partial charge in [0.05, 0.1) is 10.7 Å². The van der Waals surface area contributed by atoms with Crippen LogP contribution < -0.4 is 10.6 Å². The number of amides is 1. The van der Waals surface area contributed by atoms with E-state index in [0.29, 0.717) is 21.4 Å². The lowest BCUT2D eigenvalue weighted by molar-refractivity contribution is -0.133. The number of halogens is 1. The zero-order chi connectivity index (χ0) is 23.7. The van der Waals surface area contributed by atoms with Gasteiger partial charge < -0.3 is 10.6 Å². The number of aryl methyl sites for hydroxylation is 1. The number of piperidine rings is 1. The van der Waals surface area contributed by atoms with Crippen molar-refractivity contribution in [1.29, 1.82) is 0 Å². The predicted octanol–water partition coefficient (Wildman–Crippen LogP) is 5.80. The number of anilines is 2. The molecule has 172 valence electrons. The molecule has 2 atom stereocenters. The number of rotatable bonds is 6. The number of nitrogens with one attached hydrogen (secondary N) is 2. The van der Waals surface area contributed by atoms with E-state index in [1.807, 2.05) is 60.1 Å². The Kier molecular flexibility index (Phi) is 6.44. The fourth-order valence-corrected chi connectivity index (χ4v) is 6.50. The molecule has 10 heteroatoms. The molecule has 2 unspecified atom stereocenters. The zero-order valence-corrected chi connectivity index (χ0v) is 21.2. The zero-order valence-electron chi connectivity index (χ0n) is 17.9. The summed E-state index contributed by atoms with van der Waals surface area (Å²) >= 11 is 10.5. The summed E-state index contributed by atoms with van der Waals surface area (Å²) in [5, 5.41) is 10.6. The molecule has 1 fully saturated rings. The number of ketones is 1. The van der Waals surface area contributed by atoms with Gasteiger partial charge in [-0.15, -0.1) is 23.1 Å². The molecule has 0 saturated carbocycles. The van der Waals surface area contributed by atoms with Crippen LogP contribution >= 0.6 is 46.0 Å². The second-order valence-corrected chi connectivity index (χ2v) is 11.4. The number of thioether (sulfide) groups is 1. The number of thiophene rings is 1. The number of nitrogens with zero attached hydrogens (tertiary/aromatic N) is 2. The maximum absolute atomic E-state index is 13.4. The monoisotopic (exact) mass is 526 g/mol. The van der Waals surface area contributed by atoms with E-state index in [1.165, 1.54) is 34.4 Å². The van der Waals surface area contributed by atoms with Gasteiger partial charge in [0.1, 0.15) is 16.6 Å². The molecule has 0 spiro atoms. The smallest absolute Gasteiger partial charge is 0.242 e. The Balaban J connectivity index is 1.49. The number of pyridine rings is 1. The van der Waals surface area contributed by atoms with E-state index in [-0.39, 0.29) is 18.1 Å². The van der Waals surface area contributed by atoms with Crippen LogP contribution in [0.3, 0.4) is 0 Å². The fourth-order valence-electron chi connectivity index (χ4n) is 3.85. The van der Waals surface area contributed by atoms with Crippen LogP contribution in [0, 0.1) is 6.92 Å². The molecular formula is C24H19ClN4O2S3. The molecule has 1 saturated heterocycles. The van der Waals surface area contributed by atoms with Crippen molar-refractivity contribution in [3.05, 3.63) is 86.6 Å². The Bertz CT molecular complexity index is 1340. The second kappa shape index (κ2) is 9.50. The first-order chi connectivity index (χ1) is 16.4. The summed E-state index contributed by atoms with van der Waals surface area (Å²) in [6, 6.07) is 14.7. The lowest BCUT2D eigenvalue weighted by Gasteiger charge is -2.39. The standard InChI is InChI=1S/C24H19ClN4O2S3/c1-14-12-26-23(33-14)28-20-8-4-7-19(27-20)24(15-9-10-32-13-15)11-17(30)21(22(31)29-24)34-18-6-3-2-5-16(18)25/h2-10,12-13,21H,11H2,1H3,(H,29,31)(H,26,27,28). The van der Waals surface area contributed by atoms with Crippen molar-refractivity contribution in [2.45, 2.75) is 29.0 Å². The van der Waals surface area contributed by atoms with Gasteiger partial charge in [0.15, 0.2) is 10.9 Å². The second-order valence-electron chi connectivity index (χ2n) is 7.79. The van der Waals surface area contributed by atoms with Crippen LogP contribution in [0.1, 0.15) is 22.6 Å². The molecule has 4 aromatic rings. The first-order valence-corrected chi connectivity index (χ1v) is 13.4. The highest BCUT2D eigenvalue weighted by Gasteiger charge is 2.48. The Labute approximate surface area is 213 Å². The molecule has 1 amide bonds. The van der Waals surface area contributed by atoms with Gasteiger partial charge in [0, 0.05) is 22.4 Å². The Morgan fingerprint density at radius 3 is 2.74 bits per heavy atom. The summed E-state index contributed by atoms with van der Waals surface area (Å²) in [5.74, 6) is 0.0642. The molecule has 1 aromatic carbocycles. The number of benzene rings is 1. The van der Waals surface area contributed by atoms with Crippen molar-refractivity contribution in [2.24, 2.45) is 0 Å². The van der Waals surface area contributed by atoms with Crippen molar-refractivity contribution in [3.63, 3.8) is 0 Å². The van der Waals surface area contributed by atoms with Gasteiger partial charge in [-0.05, 0) is 53.6 Å². The summed E-state index contributed by atoms with van der Waals surface area (Å²) in [6.45, 7) is 1.98. The summed E-state index contributed by atoms with van der Waals surface area (Å²) < 4.78 is 0. The average molecular weight is 527 g/mol. The lowest BCUT2D eigenvalue weighted by atomic mass is 9.79. The van der Waals surface area contributed by atoms with E-state index in [0.717, 1.165) is 15.6 Å². The van der Waals surface area contributed by atoms with E-state index < -0.39 is 10.8 Å². The number of thiazole rings is 1. The van der Waals surface area contributed by atoms with Gasteiger partial charge in [-0.25, -0.2) is 9.97 Å². The number of carbonyl (C=O) groups is 2. The van der Waals surface area contributed by atoms with E-state index in [9.17, 15) is 9.59 Å². The van der Waals surface area contributed by atoms with Crippen LogP contribution in [-0.4, -0.2) is 26.9 Å². The Morgan fingerprint density at radius 1 is 1.18 bits per heavy atom. The summed E-state index contributed by atoms with van der Waals surface area (Å²) in [4.78, 5) is 37.7. The summed E-state index contributed by atoms with van der Waals surface area (Å²) in [7, 11) is 0. The lowest BCUT2D eigenvalue weighted by Crippen LogP contribution is -2.58. The largest absolute Gasteiger partial charge is 0.339 e. The van der Waals surface area contributed by atoms with E-state index in [1.54, 1.807) is 12.3 Å². The van der Waals surface area contributed by atoms with Crippen LogP contribution in [0.4, 0.5) is 10.9 Å². The summed E-state index contributed by atoms with van der Waals surface area (Å²) in [6.07, 6.45) is 1.88. The first kappa shape index (κ1) is 23.0. The molecule has 5 rings (SSSR count). The number of Topliss-reactive ketones (excluding diaryl/α,β-unsaturated/α-hetero) is 1. The SMILES string of the molecule is Cc1cnc(Nc2cccc(C3(c4ccsc4)CC(=O)C(Sc4ccccc4Cl)C(=O)N3)n2)s1. The Hall–Kier alpha value is -2.72. The molecule has 3 aromatic heterocycles. The molecule has 0 bridgehead atoms. The quantitative estimate of drug-likeness (QED) is 0.309. The molecule has 0 aliphatic carbocycles. The molecule has 6 nitrogen and oxygen atoms in total. The minimum atomic E-state index is -1.05. The van der Waals surface area contributed by atoms with E-state index in [4.69, 9.17) is 16.6 Å².